The van der Waals surface area contributed by atoms with Gasteiger partial charge in [-0.05, 0) is 37.0 Å². The zero-order valence-electron chi connectivity index (χ0n) is 12.0. The first-order chi connectivity index (χ1) is 10.3. The van der Waals surface area contributed by atoms with E-state index in [9.17, 15) is 4.79 Å². The number of carbonyl (C=O) groups is 1. The van der Waals surface area contributed by atoms with Crippen molar-refractivity contribution in [1.29, 1.82) is 0 Å². The highest BCUT2D eigenvalue weighted by Crippen LogP contribution is 2.08. The summed E-state index contributed by atoms with van der Waals surface area (Å²) in [6.07, 6.45) is 5.91. The summed E-state index contributed by atoms with van der Waals surface area (Å²) in [5.74, 6) is -0.224. The third kappa shape index (κ3) is 5.26. The fraction of sp³-hybridized carbons (Fsp3) is 0.294. The Morgan fingerprint density at radius 1 is 1.05 bits per heavy atom. The van der Waals surface area contributed by atoms with E-state index in [0.717, 1.165) is 31.6 Å². The van der Waals surface area contributed by atoms with Gasteiger partial charge in [0.15, 0.2) is 0 Å². The number of rotatable bonds is 8. The van der Waals surface area contributed by atoms with Crippen LogP contribution in [0.3, 0.4) is 0 Å². The van der Waals surface area contributed by atoms with Crippen LogP contribution in [-0.2, 0) is 6.42 Å². The van der Waals surface area contributed by atoms with E-state index < -0.39 is 5.97 Å². The maximum atomic E-state index is 10.7. The van der Waals surface area contributed by atoms with Crippen LogP contribution >= 0.6 is 0 Å². The summed E-state index contributed by atoms with van der Waals surface area (Å²) in [5, 5.41) is 12.0. The summed E-state index contributed by atoms with van der Waals surface area (Å²) in [4.78, 5) is 14.8. The molecule has 1 aromatic carbocycles. The Kier molecular flexibility index (Phi) is 5.76. The molecule has 0 aliphatic heterocycles. The summed E-state index contributed by atoms with van der Waals surface area (Å²) in [6, 6.07) is 13.8. The van der Waals surface area contributed by atoms with Crippen molar-refractivity contribution in [3.8, 4) is 0 Å². The molecule has 21 heavy (non-hydrogen) atoms. The minimum absolute atomic E-state index is 0.211. The van der Waals surface area contributed by atoms with Crippen LogP contribution in [0.2, 0.25) is 0 Å². The topological polar surface area (TPSA) is 62.2 Å². The molecule has 0 spiro atoms. The summed E-state index contributed by atoms with van der Waals surface area (Å²) >= 11 is 0. The van der Waals surface area contributed by atoms with Crippen molar-refractivity contribution in [2.75, 3.05) is 11.9 Å². The fourth-order valence-electron chi connectivity index (χ4n) is 2.12. The van der Waals surface area contributed by atoms with Crippen LogP contribution in [0, 0.1) is 0 Å². The molecule has 0 aliphatic rings. The van der Waals surface area contributed by atoms with Crippen molar-refractivity contribution >= 4 is 11.8 Å². The third-order valence-electron chi connectivity index (χ3n) is 3.30. The van der Waals surface area contributed by atoms with Gasteiger partial charge in [0.05, 0.1) is 5.56 Å². The van der Waals surface area contributed by atoms with Crippen molar-refractivity contribution in [3.05, 3.63) is 59.8 Å². The van der Waals surface area contributed by atoms with Gasteiger partial charge in [0.2, 0.25) is 0 Å². The minimum Gasteiger partial charge on any atom is -0.478 e. The molecule has 0 aliphatic carbocycles. The highest BCUT2D eigenvalue weighted by molar-refractivity contribution is 5.87. The molecule has 0 amide bonds. The van der Waals surface area contributed by atoms with Gasteiger partial charge in [0.1, 0.15) is 5.82 Å². The average Bonchev–Trinajstić information content (AvgIpc) is 2.52. The molecule has 2 rings (SSSR count). The third-order valence-corrected chi connectivity index (χ3v) is 3.30. The van der Waals surface area contributed by atoms with E-state index in [2.05, 4.69) is 34.6 Å². The number of nitrogens with zero attached hydrogens (tertiary/aromatic N) is 1. The smallest absolute Gasteiger partial charge is 0.337 e. The van der Waals surface area contributed by atoms with Gasteiger partial charge in [-0.15, -0.1) is 0 Å². The van der Waals surface area contributed by atoms with E-state index in [4.69, 9.17) is 5.11 Å². The first-order valence-corrected chi connectivity index (χ1v) is 7.23. The maximum Gasteiger partial charge on any atom is 0.337 e. The highest BCUT2D eigenvalue weighted by atomic mass is 16.4. The molecule has 0 saturated heterocycles. The summed E-state index contributed by atoms with van der Waals surface area (Å²) in [7, 11) is 0. The van der Waals surface area contributed by atoms with Gasteiger partial charge in [0.25, 0.3) is 0 Å². The molecule has 110 valence electrons. The first-order valence-electron chi connectivity index (χ1n) is 7.23. The van der Waals surface area contributed by atoms with Gasteiger partial charge in [-0.25, -0.2) is 9.78 Å². The predicted molar refractivity (Wildman–Crippen MR) is 83.7 cm³/mol. The molecule has 1 aromatic heterocycles. The zero-order valence-corrected chi connectivity index (χ0v) is 12.0. The monoisotopic (exact) mass is 284 g/mol. The number of nitrogens with one attached hydrogen (secondary N) is 1. The Morgan fingerprint density at radius 3 is 2.52 bits per heavy atom. The Morgan fingerprint density at radius 2 is 1.86 bits per heavy atom. The number of aromatic nitrogens is 1. The zero-order chi connectivity index (χ0) is 14.9. The fourth-order valence-corrected chi connectivity index (χ4v) is 2.12. The quantitative estimate of drug-likeness (QED) is 0.727. The molecule has 0 atom stereocenters. The standard InChI is InChI=1S/C17H20N2O2/c20-17(21)15-10-11-16(19-13-15)18-12-6-2-5-9-14-7-3-1-4-8-14/h1,3-4,7-8,10-11,13H,2,5-6,9,12H2,(H,18,19)(H,20,21). The van der Waals surface area contributed by atoms with Crippen molar-refractivity contribution < 1.29 is 9.90 Å². The van der Waals surface area contributed by atoms with Gasteiger partial charge in [0, 0.05) is 12.7 Å². The van der Waals surface area contributed by atoms with Gasteiger partial charge in [-0.3, -0.25) is 0 Å². The van der Waals surface area contributed by atoms with Gasteiger partial charge in [-0.1, -0.05) is 36.8 Å². The number of unbranched alkanes of at least 4 members (excludes halogenated alkanes) is 2. The van der Waals surface area contributed by atoms with Crippen LogP contribution in [0.5, 0.6) is 0 Å². The van der Waals surface area contributed by atoms with E-state index in [1.165, 1.54) is 18.2 Å². The van der Waals surface area contributed by atoms with Crippen LogP contribution in [0.15, 0.2) is 48.7 Å². The second-order valence-electron chi connectivity index (χ2n) is 4.96. The van der Waals surface area contributed by atoms with Crippen LogP contribution in [0.4, 0.5) is 5.82 Å². The predicted octanol–water partition coefficient (Wildman–Crippen LogP) is 3.60. The first kappa shape index (κ1) is 15.0. The summed E-state index contributed by atoms with van der Waals surface area (Å²) in [6.45, 7) is 0.855. The van der Waals surface area contributed by atoms with Crippen molar-refractivity contribution in [2.45, 2.75) is 25.7 Å². The normalized spacial score (nSPS) is 10.3. The highest BCUT2D eigenvalue weighted by Gasteiger charge is 2.02. The number of hydrogen-bond donors (Lipinski definition) is 2. The summed E-state index contributed by atoms with van der Waals surface area (Å²) in [5.41, 5.74) is 1.60. The molecule has 0 bridgehead atoms. The molecule has 4 heteroatoms. The number of aryl methyl sites for hydroxylation is 1. The lowest BCUT2D eigenvalue weighted by Gasteiger charge is -2.06. The minimum atomic E-state index is -0.949. The number of hydrogen-bond acceptors (Lipinski definition) is 3. The maximum absolute atomic E-state index is 10.7. The van der Waals surface area contributed by atoms with Gasteiger partial charge in [-0.2, -0.15) is 0 Å². The number of carboxylic acids is 1. The summed E-state index contributed by atoms with van der Waals surface area (Å²) < 4.78 is 0. The van der Waals surface area contributed by atoms with Crippen LogP contribution < -0.4 is 5.32 Å². The number of benzene rings is 1. The lowest BCUT2D eigenvalue weighted by atomic mass is 10.1. The van der Waals surface area contributed by atoms with E-state index in [0.29, 0.717) is 0 Å². The van der Waals surface area contributed by atoms with Gasteiger partial charge >= 0.3 is 5.97 Å². The Bertz CT molecular complexity index is 553. The second-order valence-corrected chi connectivity index (χ2v) is 4.96. The second kappa shape index (κ2) is 8.04. The number of anilines is 1. The van der Waals surface area contributed by atoms with Crippen LogP contribution in [0.25, 0.3) is 0 Å². The molecule has 0 saturated carbocycles. The molecule has 0 unspecified atom stereocenters. The Hall–Kier alpha value is -2.36. The van der Waals surface area contributed by atoms with Crippen molar-refractivity contribution in [1.82, 2.24) is 4.98 Å². The van der Waals surface area contributed by atoms with Crippen molar-refractivity contribution in [3.63, 3.8) is 0 Å². The Labute approximate surface area is 124 Å². The lowest BCUT2D eigenvalue weighted by Crippen LogP contribution is -2.04. The van der Waals surface area contributed by atoms with E-state index in [-0.39, 0.29) is 5.56 Å². The molecule has 1 heterocycles. The van der Waals surface area contributed by atoms with Crippen LogP contribution in [0.1, 0.15) is 35.2 Å². The largest absolute Gasteiger partial charge is 0.478 e. The number of pyridine rings is 1. The molecule has 4 nitrogen and oxygen atoms in total. The number of carboxylic acid groups (broad SMARTS) is 1. The van der Waals surface area contributed by atoms with Gasteiger partial charge < -0.3 is 10.4 Å². The van der Waals surface area contributed by atoms with E-state index in [1.54, 1.807) is 12.1 Å². The van der Waals surface area contributed by atoms with E-state index >= 15 is 0 Å². The van der Waals surface area contributed by atoms with E-state index in [1.807, 2.05) is 6.07 Å². The molecule has 2 N–H and O–H groups in total. The number of aromatic carboxylic acids is 1. The molecule has 0 fully saturated rings. The van der Waals surface area contributed by atoms with Crippen LogP contribution in [-0.4, -0.2) is 22.6 Å². The average molecular weight is 284 g/mol. The molecule has 2 aromatic rings. The van der Waals surface area contributed by atoms with Crippen molar-refractivity contribution in [2.24, 2.45) is 0 Å². The molecular formula is C17H20N2O2. The lowest BCUT2D eigenvalue weighted by molar-refractivity contribution is 0.0696. The Balaban J connectivity index is 1.60. The molecule has 0 radical (unpaired) electrons. The SMILES string of the molecule is O=C(O)c1ccc(NCCCCCc2ccccc2)nc1. The molecular weight excluding hydrogens is 264 g/mol.